The molecule has 1 heteroatoms. The summed E-state index contributed by atoms with van der Waals surface area (Å²) in [6.45, 7) is 17.7. The smallest absolute Gasteiger partial charge is 0.00166 e. The van der Waals surface area contributed by atoms with Gasteiger partial charge in [0.15, 0.2) is 0 Å². The van der Waals surface area contributed by atoms with Gasteiger partial charge in [-0.2, -0.15) is 0 Å². The normalized spacial score (nSPS) is 18.9. The molecule has 0 spiro atoms. The third-order valence-electron chi connectivity index (χ3n) is 3.52. The van der Waals surface area contributed by atoms with Crippen LogP contribution in [0.2, 0.25) is 0 Å². The molecule has 17 heavy (non-hydrogen) atoms. The van der Waals surface area contributed by atoms with Gasteiger partial charge in [-0.3, -0.25) is 0 Å². The molecular weight excluding hydrogens is 206 g/mol. The predicted molar refractivity (Wildman–Crippen MR) is 81.6 cm³/mol. The Kier molecular flexibility index (Phi) is 12.6. The molecule has 0 atom stereocenters. The predicted octanol–water partition coefficient (Wildman–Crippen LogP) is 5.21. The van der Waals surface area contributed by atoms with Gasteiger partial charge in [-0.05, 0) is 50.7 Å². The van der Waals surface area contributed by atoms with Gasteiger partial charge in [0.1, 0.15) is 0 Å². The molecule has 0 saturated carbocycles. The average molecular weight is 243 g/mol. The van der Waals surface area contributed by atoms with Gasteiger partial charge in [0.25, 0.3) is 0 Å². The maximum Gasteiger partial charge on any atom is -0.00166 e. The average Bonchev–Trinajstić information content (AvgIpc) is 2.36. The van der Waals surface area contributed by atoms with Crippen molar-refractivity contribution >= 4 is 0 Å². The van der Waals surface area contributed by atoms with Crippen molar-refractivity contribution in [2.45, 2.75) is 74.1 Å². The van der Waals surface area contributed by atoms with Crippen molar-refractivity contribution in [3.8, 4) is 0 Å². The highest BCUT2D eigenvalue weighted by Crippen LogP contribution is 2.35. The minimum absolute atomic E-state index is 0.650. The van der Waals surface area contributed by atoms with Crippen LogP contribution in [-0.2, 0) is 0 Å². The van der Waals surface area contributed by atoms with E-state index >= 15 is 0 Å². The second kappa shape index (κ2) is 11.1. The first-order chi connectivity index (χ1) is 8.02. The third-order valence-corrected chi connectivity index (χ3v) is 3.52. The molecule has 1 aliphatic heterocycles. The van der Waals surface area contributed by atoms with E-state index in [1.54, 1.807) is 0 Å². The Morgan fingerprint density at radius 1 is 1.00 bits per heavy atom. The van der Waals surface area contributed by atoms with Crippen molar-refractivity contribution in [1.29, 1.82) is 0 Å². The topological polar surface area (TPSA) is 3.24 Å². The molecule has 0 radical (unpaired) electrons. The highest BCUT2D eigenvalue weighted by Gasteiger charge is 2.28. The number of likely N-dealkylation sites (tertiary alicyclic amines) is 1. The summed E-state index contributed by atoms with van der Waals surface area (Å²) < 4.78 is 0. The molecule has 106 valence electrons. The summed E-state index contributed by atoms with van der Waals surface area (Å²) in [4.78, 5) is 2.46. The van der Waals surface area contributed by atoms with Gasteiger partial charge in [0.05, 0.1) is 0 Å². The van der Waals surface area contributed by atoms with Gasteiger partial charge in [0.2, 0.25) is 0 Å². The molecular formula is C16H37N. The van der Waals surface area contributed by atoms with Crippen LogP contribution >= 0.6 is 0 Å². The lowest BCUT2D eigenvalue weighted by atomic mass is 9.76. The molecule has 0 bridgehead atoms. The fourth-order valence-electron chi connectivity index (χ4n) is 2.05. The van der Waals surface area contributed by atoms with Crippen molar-refractivity contribution < 1.29 is 0 Å². The Morgan fingerprint density at radius 3 is 1.76 bits per heavy atom. The van der Waals surface area contributed by atoms with Gasteiger partial charge in [-0.1, -0.05) is 54.9 Å². The van der Waals surface area contributed by atoms with Gasteiger partial charge in [-0.25, -0.2) is 0 Å². The van der Waals surface area contributed by atoms with E-state index in [1.807, 2.05) is 27.7 Å². The van der Waals surface area contributed by atoms with Crippen molar-refractivity contribution in [1.82, 2.24) is 4.90 Å². The Bertz CT molecular complexity index is 144. The van der Waals surface area contributed by atoms with E-state index < -0.39 is 0 Å². The van der Waals surface area contributed by atoms with Gasteiger partial charge < -0.3 is 4.90 Å². The number of piperidine rings is 1. The van der Waals surface area contributed by atoms with Gasteiger partial charge >= 0.3 is 0 Å². The van der Waals surface area contributed by atoms with Crippen LogP contribution in [0.25, 0.3) is 0 Å². The van der Waals surface area contributed by atoms with Crippen molar-refractivity contribution in [3.05, 3.63) is 0 Å². The zero-order valence-electron chi connectivity index (χ0n) is 13.8. The van der Waals surface area contributed by atoms with Crippen LogP contribution in [0.5, 0.6) is 0 Å². The first-order valence-electron chi connectivity index (χ1n) is 7.70. The molecule has 0 aromatic heterocycles. The van der Waals surface area contributed by atoms with Crippen LogP contribution in [0, 0.1) is 11.3 Å². The third kappa shape index (κ3) is 9.64. The van der Waals surface area contributed by atoms with E-state index in [0.29, 0.717) is 5.41 Å². The van der Waals surface area contributed by atoms with E-state index in [-0.39, 0.29) is 0 Å². The van der Waals surface area contributed by atoms with E-state index in [9.17, 15) is 0 Å². The maximum absolute atomic E-state index is 2.47. The van der Waals surface area contributed by atoms with E-state index in [0.717, 1.165) is 5.92 Å². The molecule has 0 unspecified atom stereocenters. The van der Waals surface area contributed by atoms with Crippen molar-refractivity contribution in [3.63, 3.8) is 0 Å². The summed E-state index contributed by atoms with van der Waals surface area (Å²) in [5.74, 6) is 0.872. The van der Waals surface area contributed by atoms with Gasteiger partial charge in [0, 0.05) is 0 Å². The molecule has 1 fully saturated rings. The molecule has 0 amide bonds. The summed E-state index contributed by atoms with van der Waals surface area (Å²) in [5, 5.41) is 0. The second-order valence-electron chi connectivity index (χ2n) is 5.55. The molecule has 1 aliphatic rings. The van der Waals surface area contributed by atoms with Gasteiger partial charge in [-0.15, -0.1) is 0 Å². The molecule has 1 rings (SSSR count). The fraction of sp³-hybridized carbons (Fsp3) is 1.00. The minimum atomic E-state index is 0.650. The zero-order valence-corrected chi connectivity index (χ0v) is 13.8. The standard InChI is InChI=1S/C12H25N.2C2H6/c1-11(2)5-6-12(3)7-9-13(4)10-8-12;2*1-2/h11H,5-10H2,1-4H3;2*1-2H3. The molecule has 0 aromatic rings. The first-order valence-corrected chi connectivity index (χ1v) is 7.70. The Hall–Kier alpha value is -0.0400. The van der Waals surface area contributed by atoms with Crippen molar-refractivity contribution in [2.75, 3.05) is 20.1 Å². The van der Waals surface area contributed by atoms with E-state index in [1.165, 1.54) is 38.8 Å². The first kappa shape index (κ1) is 19.3. The van der Waals surface area contributed by atoms with Crippen LogP contribution in [-0.4, -0.2) is 25.0 Å². The molecule has 1 heterocycles. The van der Waals surface area contributed by atoms with Crippen LogP contribution in [0.1, 0.15) is 74.1 Å². The lowest BCUT2D eigenvalue weighted by Crippen LogP contribution is -2.36. The van der Waals surface area contributed by atoms with Crippen LogP contribution in [0.4, 0.5) is 0 Å². The Balaban J connectivity index is 0. The molecule has 0 aromatic carbocycles. The number of hydrogen-bond donors (Lipinski definition) is 0. The van der Waals surface area contributed by atoms with E-state index in [4.69, 9.17) is 0 Å². The van der Waals surface area contributed by atoms with Crippen molar-refractivity contribution in [2.24, 2.45) is 11.3 Å². The summed E-state index contributed by atoms with van der Waals surface area (Å²) >= 11 is 0. The Labute approximate surface area is 111 Å². The largest absolute Gasteiger partial charge is 0.306 e. The van der Waals surface area contributed by atoms with Crippen LogP contribution in [0.15, 0.2) is 0 Å². The number of nitrogens with zero attached hydrogens (tertiary/aromatic N) is 1. The monoisotopic (exact) mass is 243 g/mol. The Morgan fingerprint density at radius 2 is 1.41 bits per heavy atom. The molecule has 0 N–H and O–H groups in total. The quantitative estimate of drug-likeness (QED) is 0.658. The lowest BCUT2D eigenvalue weighted by molar-refractivity contribution is 0.123. The summed E-state index contributed by atoms with van der Waals surface area (Å²) in [5.41, 5.74) is 0.650. The van der Waals surface area contributed by atoms with Crippen LogP contribution < -0.4 is 0 Å². The SMILES string of the molecule is CC.CC.CC(C)CCC1(C)CCN(C)CC1. The molecule has 1 saturated heterocycles. The lowest BCUT2D eigenvalue weighted by Gasteiger charge is -2.38. The van der Waals surface area contributed by atoms with E-state index in [2.05, 4.69) is 32.7 Å². The molecule has 0 aliphatic carbocycles. The molecule has 1 nitrogen and oxygen atoms in total. The summed E-state index contributed by atoms with van der Waals surface area (Å²) in [6.07, 6.45) is 5.63. The highest BCUT2D eigenvalue weighted by molar-refractivity contribution is 4.81. The maximum atomic E-state index is 2.47. The fourth-order valence-corrected chi connectivity index (χ4v) is 2.05. The summed E-state index contributed by atoms with van der Waals surface area (Å²) in [6, 6.07) is 0. The zero-order chi connectivity index (χ0) is 13.9. The second-order valence-corrected chi connectivity index (χ2v) is 5.55. The summed E-state index contributed by atoms with van der Waals surface area (Å²) in [7, 11) is 2.24. The number of hydrogen-bond acceptors (Lipinski definition) is 1. The van der Waals surface area contributed by atoms with Crippen LogP contribution in [0.3, 0.4) is 0 Å². The minimum Gasteiger partial charge on any atom is -0.306 e. The number of rotatable bonds is 3. The highest BCUT2D eigenvalue weighted by atomic mass is 15.1.